The quantitative estimate of drug-likeness (QED) is 0.823. The summed E-state index contributed by atoms with van der Waals surface area (Å²) in [5, 5.41) is 3.56. The van der Waals surface area contributed by atoms with Gasteiger partial charge in [0, 0.05) is 6.04 Å². The molecule has 1 aliphatic rings. The van der Waals surface area contributed by atoms with Gasteiger partial charge in [-0.1, -0.05) is 20.8 Å². The average molecular weight is 291 g/mol. The van der Waals surface area contributed by atoms with E-state index in [1.54, 1.807) is 0 Å². The van der Waals surface area contributed by atoms with E-state index in [2.05, 4.69) is 26.1 Å². The molecule has 1 saturated carbocycles. The minimum Gasteiger partial charge on any atom is -0.494 e. The molecule has 1 aliphatic carbocycles. The first kappa shape index (κ1) is 16.2. The molecule has 0 saturated heterocycles. The Morgan fingerprint density at radius 1 is 1.10 bits per heavy atom. The molecule has 0 aromatic heterocycles. The van der Waals surface area contributed by atoms with E-state index in [4.69, 9.17) is 9.47 Å². The molecule has 1 fully saturated rings. The summed E-state index contributed by atoms with van der Waals surface area (Å²) in [6, 6.07) is 8.52. The summed E-state index contributed by atoms with van der Waals surface area (Å²) in [5.41, 5.74) is 0. The van der Waals surface area contributed by atoms with Gasteiger partial charge in [0.25, 0.3) is 0 Å². The van der Waals surface area contributed by atoms with Gasteiger partial charge in [-0.25, -0.2) is 0 Å². The highest BCUT2D eigenvalue weighted by molar-refractivity contribution is 5.31. The zero-order chi connectivity index (χ0) is 15.1. The van der Waals surface area contributed by atoms with Gasteiger partial charge >= 0.3 is 0 Å². The topological polar surface area (TPSA) is 30.5 Å². The Morgan fingerprint density at radius 3 is 2.48 bits per heavy atom. The molecule has 0 aliphatic heterocycles. The maximum Gasteiger partial charge on any atom is 0.120 e. The first-order valence-electron chi connectivity index (χ1n) is 8.35. The molecular formula is C18H29NO2. The van der Waals surface area contributed by atoms with Gasteiger partial charge < -0.3 is 14.8 Å². The fourth-order valence-corrected chi connectivity index (χ4v) is 2.96. The number of rotatable bonds is 7. The molecular weight excluding hydrogens is 262 g/mol. The smallest absolute Gasteiger partial charge is 0.120 e. The molecule has 0 heterocycles. The Balaban J connectivity index is 1.94. The van der Waals surface area contributed by atoms with Crippen LogP contribution in [-0.4, -0.2) is 25.3 Å². The molecule has 0 bridgehead atoms. The lowest BCUT2D eigenvalue weighted by atomic mass is 9.85. The van der Waals surface area contributed by atoms with Crippen molar-refractivity contribution in [2.75, 3.05) is 13.2 Å². The van der Waals surface area contributed by atoms with Crippen molar-refractivity contribution in [1.29, 1.82) is 0 Å². The fourth-order valence-electron chi connectivity index (χ4n) is 2.96. The van der Waals surface area contributed by atoms with Crippen LogP contribution in [0.5, 0.6) is 11.5 Å². The molecule has 1 N–H and O–H groups in total. The highest BCUT2D eigenvalue weighted by atomic mass is 16.5. The highest BCUT2D eigenvalue weighted by Gasteiger charge is 2.29. The number of nitrogens with one attached hydrogen (secondary N) is 1. The van der Waals surface area contributed by atoms with Crippen LogP contribution in [0.1, 0.15) is 46.5 Å². The molecule has 0 spiro atoms. The van der Waals surface area contributed by atoms with Crippen LogP contribution in [0.25, 0.3) is 0 Å². The number of ether oxygens (including phenoxy) is 2. The first-order valence-corrected chi connectivity index (χ1v) is 8.35. The predicted molar refractivity (Wildman–Crippen MR) is 87.1 cm³/mol. The fraction of sp³-hybridized carbons (Fsp3) is 0.667. The van der Waals surface area contributed by atoms with E-state index in [9.17, 15) is 0 Å². The van der Waals surface area contributed by atoms with Gasteiger partial charge in [-0.05, 0) is 62.4 Å². The second-order valence-corrected chi connectivity index (χ2v) is 6.06. The summed E-state index contributed by atoms with van der Waals surface area (Å²) in [6.45, 7) is 8.36. The molecule has 1 aromatic carbocycles. The van der Waals surface area contributed by atoms with Crippen molar-refractivity contribution in [2.45, 2.75) is 58.6 Å². The number of hydrogen-bond acceptors (Lipinski definition) is 3. The van der Waals surface area contributed by atoms with E-state index in [0.29, 0.717) is 6.04 Å². The zero-order valence-corrected chi connectivity index (χ0v) is 13.6. The summed E-state index contributed by atoms with van der Waals surface area (Å²) in [7, 11) is 0. The van der Waals surface area contributed by atoms with Gasteiger partial charge in [-0.3, -0.25) is 0 Å². The van der Waals surface area contributed by atoms with E-state index >= 15 is 0 Å². The van der Waals surface area contributed by atoms with Gasteiger partial charge in [0.2, 0.25) is 0 Å². The van der Waals surface area contributed by atoms with Crippen molar-refractivity contribution < 1.29 is 9.47 Å². The molecule has 3 nitrogen and oxygen atoms in total. The summed E-state index contributed by atoms with van der Waals surface area (Å²) in [5.74, 6) is 2.61. The summed E-state index contributed by atoms with van der Waals surface area (Å²) < 4.78 is 11.8. The largest absolute Gasteiger partial charge is 0.494 e. The maximum absolute atomic E-state index is 6.23. The van der Waals surface area contributed by atoms with Crippen molar-refractivity contribution in [1.82, 2.24) is 5.32 Å². The number of likely N-dealkylation sites (N-methyl/N-ethyl adjacent to an activating group) is 1. The molecule has 3 unspecified atom stereocenters. The van der Waals surface area contributed by atoms with Crippen LogP contribution in [0.4, 0.5) is 0 Å². The van der Waals surface area contributed by atoms with Gasteiger partial charge in [0.05, 0.1) is 6.61 Å². The SMILES string of the molecule is CCCOc1ccc(OC2CC(C)CCC2NCC)cc1. The Labute approximate surface area is 129 Å². The van der Waals surface area contributed by atoms with Crippen LogP contribution in [0.15, 0.2) is 24.3 Å². The van der Waals surface area contributed by atoms with Crippen molar-refractivity contribution in [2.24, 2.45) is 5.92 Å². The Hall–Kier alpha value is -1.22. The summed E-state index contributed by atoms with van der Waals surface area (Å²) in [6.07, 6.45) is 4.93. The monoisotopic (exact) mass is 291 g/mol. The zero-order valence-electron chi connectivity index (χ0n) is 13.6. The first-order chi connectivity index (χ1) is 10.2. The average Bonchev–Trinajstić information content (AvgIpc) is 2.49. The lowest BCUT2D eigenvalue weighted by Gasteiger charge is -2.35. The van der Waals surface area contributed by atoms with Crippen molar-refractivity contribution in [3.63, 3.8) is 0 Å². The van der Waals surface area contributed by atoms with Gasteiger partial charge in [-0.2, -0.15) is 0 Å². The minimum absolute atomic E-state index is 0.274. The number of benzene rings is 1. The van der Waals surface area contributed by atoms with E-state index in [1.165, 1.54) is 12.8 Å². The van der Waals surface area contributed by atoms with Gasteiger partial charge in [0.15, 0.2) is 0 Å². The Bertz CT molecular complexity index is 404. The minimum atomic E-state index is 0.274. The van der Waals surface area contributed by atoms with Crippen LogP contribution in [-0.2, 0) is 0 Å². The predicted octanol–water partition coefficient (Wildman–Crippen LogP) is 4.02. The second-order valence-electron chi connectivity index (χ2n) is 6.06. The lowest BCUT2D eigenvalue weighted by molar-refractivity contribution is 0.0915. The van der Waals surface area contributed by atoms with E-state index in [-0.39, 0.29) is 6.10 Å². The van der Waals surface area contributed by atoms with Crippen LogP contribution in [0.3, 0.4) is 0 Å². The molecule has 2 rings (SSSR count). The van der Waals surface area contributed by atoms with Crippen molar-refractivity contribution >= 4 is 0 Å². The molecule has 0 radical (unpaired) electrons. The van der Waals surface area contributed by atoms with Gasteiger partial charge in [0.1, 0.15) is 17.6 Å². The Morgan fingerprint density at radius 2 is 1.81 bits per heavy atom. The summed E-state index contributed by atoms with van der Waals surface area (Å²) in [4.78, 5) is 0. The van der Waals surface area contributed by atoms with Crippen molar-refractivity contribution in [3.8, 4) is 11.5 Å². The third kappa shape index (κ3) is 4.92. The molecule has 21 heavy (non-hydrogen) atoms. The van der Waals surface area contributed by atoms with Crippen LogP contribution >= 0.6 is 0 Å². The molecule has 3 atom stereocenters. The van der Waals surface area contributed by atoms with Crippen LogP contribution in [0, 0.1) is 5.92 Å². The molecule has 0 amide bonds. The number of hydrogen-bond donors (Lipinski definition) is 1. The maximum atomic E-state index is 6.23. The Kier molecular flexibility index (Phi) is 6.37. The van der Waals surface area contributed by atoms with E-state index in [0.717, 1.165) is 43.4 Å². The standard InChI is InChI=1S/C18H29NO2/c1-4-12-20-15-7-9-16(10-8-15)21-18-13-14(3)6-11-17(18)19-5-2/h7-10,14,17-19H,4-6,11-13H2,1-3H3. The van der Waals surface area contributed by atoms with E-state index in [1.807, 2.05) is 24.3 Å². The van der Waals surface area contributed by atoms with Crippen molar-refractivity contribution in [3.05, 3.63) is 24.3 Å². The summed E-state index contributed by atoms with van der Waals surface area (Å²) >= 11 is 0. The molecule has 3 heteroatoms. The van der Waals surface area contributed by atoms with E-state index < -0.39 is 0 Å². The molecule has 118 valence electrons. The van der Waals surface area contributed by atoms with Gasteiger partial charge in [-0.15, -0.1) is 0 Å². The lowest BCUT2D eigenvalue weighted by Crippen LogP contribution is -2.46. The van der Waals surface area contributed by atoms with Crippen LogP contribution < -0.4 is 14.8 Å². The normalized spacial score (nSPS) is 25.6. The highest BCUT2D eigenvalue weighted by Crippen LogP contribution is 2.28. The third-order valence-corrected chi connectivity index (χ3v) is 4.10. The van der Waals surface area contributed by atoms with Crippen LogP contribution in [0.2, 0.25) is 0 Å². The second kappa shape index (κ2) is 8.28. The third-order valence-electron chi connectivity index (χ3n) is 4.10. The molecule has 1 aromatic rings.